The van der Waals surface area contributed by atoms with Crippen molar-refractivity contribution in [3.63, 3.8) is 0 Å². The molecule has 6 heteroatoms. The molecular weight excluding hydrogens is 376 g/mol. The molecule has 5 nitrogen and oxygen atoms in total. The molecule has 0 amide bonds. The Labute approximate surface area is 166 Å². The van der Waals surface area contributed by atoms with Crippen LogP contribution in [0.1, 0.15) is 63.0 Å². The molecule has 5 saturated carbocycles. The number of sulfone groups is 1. The highest BCUT2D eigenvalue weighted by Crippen LogP contribution is 2.60. The summed E-state index contributed by atoms with van der Waals surface area (Å²) in [6, 6.07) is 6.28. The molecule has 0 saturated heterocycles. The smallest absolute Gasteiger partial charge is 0.337 e. The second kappa shape index (κ2) is 6.56. The molecule has 4 bridgehead atoms. The van der Waals surface area contributed by atoms with Crippen LogP contribution >= 0.6 is 0 Å². The molecule has 6 rings (SSSR count). The van der Waals surface area contributed by atoms with Crippen molar-refractivity contribution in [2.24, 2.45) is 23.2 Å². The number of carboxylic acids is 1. The molecule has 5 aliphatic rings. The van der Waals surface area contributed by atoms with Crippen LogP contribution in [0.15, 0.2) is 29.2 Å². The van der Waals surface area contributed by atoms with E-state index in [1.165, 1.54) is 50.7 Å². The minimum Gasteiger partial charge on any atom is -0.479 e. The summed E-state index contributed by atoms with van der Waals surface area (Å²) in [5.41, 5.74) is 0.671. The molecular formula is C22H28O5S. The van der Waals surface area contributed by atoms with E-state index in [1.807, 2.05) is 0 Å². The van der Waals surface area contributed by atoms with E-state index in [9.17, 15) is 18.3 Å². The molecule has 0 aromatic heterocycles. The van der Waals surface area contributed by atoms with E-state index in [4.69, 9.17) is 4.74 Å². The van der Waals surface area contributed by atoms with Crippen molar-refractivity contribution in [3.05, 3.63) is 29.8 Å². The van der Waals surface area contributed by atoms with Crippen molar-refractivity contribution in [3.8, 4) is 0 Å². The SMILES string of the molecule is O=C(O)C(OCC12CC3CC(CC(C3)C1)C2)c1ccc(S(=O)(=O)C2CC2)cc1. The molecule has 0 heterocycles. The highest BCUT2D eigenvalue weighted by atomic mass is 32.2. The minimum absolute atomic E-state index is 0.150. The standard InChI is InChI=1S/C22H28O5S/c23-21(24)20(17-1-3-18(4-2-17)28(25,26)19-5-6-19)27-13-22-10-14-7-15(11-22)9-16(8-14)12-22/h1-4,14-16,19-20H,5-13H2,(H,23,24). The maximum absolute atomic E-state index is 12.3. The van der Waals surface area contributed by atoms with Gasteiger partial charge in [-0.2, -0.15) is 0 Å². The third-order valence-corrected chi connectivity index (χ3v) is 9.70. The van der Waals surface area contributed by atoms with Gasteiger partial charge in [0, 0.05) is 0 Å². The Morgan fingerprint density at radius 3 is 2.04 bits per heavy atom. The summed E-state index contributed by atoms with van der Waals surface area (Å²) in [6.45, 7) is 0.496. The molecule has 1 aromatic carbocycles. The van der Waals surface area contributed by atoms with Crippen LogP contribution in [0.25, 0.3) is 0 Å². The van der Waals surface area contributed by atoms with Crippen LogP contribution in [0.2, 0.25) is 0 Å². The molecule has 28 heavy (non-hydrogen) atoms. The van der Waals surface area contributed by atoms with Gasteiger partial charge in [-0.25, -0.2) is 13.2 Å². The van der Waals surface area contributed by atoms with Crippen molar-refractivity contribution in [1.29, 1.82) is 0 Å². The third-order valence-electron chi connectivity index (χ3n) is 7.42. The summed E-state index contributed by atoms with van der Waals surface area (Å²) in [6.07, 6.45) is 7.95. The zero-order chi connectivity index (χ0) is 19.5. The van der Waals surface area contributed by atoms with E-state index in [-0.39, 0.29) is 15.6 Å². The van der Waals surface area contributed by atoms with Crippen LogP contribution in [-0.2, 0) is 19.4 Å². The fourth-order valence-corrected chi connectivity index (χ4v) is 8.10. The van der Waals surface area contributed by atoms with E-state index in [2.05, 4.69) is 0 Å². The average molecular weight is 405 g/mol. The van der Waals surface area contributed by atoms with Crippen LogP contribution in [-0.4, -0.2) is 31.4 Å². The zero-order valence-electron chi connectivity index (χ0n) is 16.0. The predicted octanol–water partition coefficient (Wildman–Crippen LogP) is 3.98. The van der Waals surface area contributed by atoms with Crippen LogP contribution in [0, 0.1) is 23.2 Å². The first-order valence-electron chi connectivity index (χ1n) is 10.5. The first kappa shape index (κ1) is 18.6. The lowest BCUT2D eigenvalue weighted by molar-refractivity contribution is -0.160. The van der Waals surface area contributed by atoms with Gasteiger partial charge in [0.15, 0.2) is 15.9 Å². The lowest BCUT2D eigenvalue weighted by atomic mass is 9.50. The molecule has 5 fully saturated rings. The molecule has 0 radical (unpaired) electrons. The second-order valence-electron chi connectivity index (χ2n) is 9.76. The lowest BCUT2D eigenvalue weighted by Gasteiger charge is -2.56. The van der Waals surface area contributed by atoms with Crippen molar-refractivity contribution >= 4 is 15.8 Å². The molecule has 1 aromatic rings. The van der Waals surface area contributed by atoms with Crippen LogP contribution < -0.4 is 0 Å². The van der Waals surface area contributed by atoms with E-state index in [0.29, 0.717) is 12.2 Å². The number of ether oxygens (including phenoxy) is 1. The van der Waals surface area contributed by atoms with Crippen LogP contribution in [0.3, 0.4) is 0 Å². The molecule has 152 valence electrons. The van der Waals surface area contributed by atoms with Gasteiger partial charge in [0.2, 0.25) is 0 Å². The maximum atomic E-state index is 12.3. The Balaban J connectivity index is 1.31. The van der Waals surface area contributed by atoms with Crippen molar-refractivity contribution in [1.82, 2.24) is 0 Å². The number of benzene rings is 1. The van der Waals surface area contributed by atoms with E-state index in [0.717, 1.165) is 30.6 Å². The van der Waals surface area contributed by atoms with Gasteiger partial charge in [0.25, 0.3) is 0 Å². The van der Waals surface area contributed by atoms with Crippen LogP contribution in [0.5, 0.6) is 0 Å². The summed E-state index contributed by atoms with van der Waals surface area (Å²) in [4.78, 5) is 12.2. The second-order valence-corrected chi connectivity index (χ2v) is 12.0. The van der Waals surface area contributed by atoms with Gasteiger partial charge in [-0.05, 0) is 92.2 Å². The molecule has 0 spiro atoms. The zero-order valence-corrected chi connectivity index (χ0v) is 16.9. The molecule has 1 atom stereocenters. The minimum atomic E-state index is -3.26. The molecule has 0 aliphatic heterocycles. The number of hydrogen-bond acceptors (Lipinski definition) is 4. The van der Waals surface area contributed by atoms with Crippen molar-refractivity contribution < 1.29 is 23.1 Å². The normalized spacial score (nSPS) is 35.1. The van der Waals surface area contributed by atoms with Crippen molar-refractivity contribution in [2.45, 2.75) is 67.6 Å². The highest BCUT2D eigenvalue weighted by molar-refractivity contribution is 7.92. The summed E-state index contributed by atoms with van der Waals surface area (Å²) < 4.78 is 30.7. The molecule has 1 unspecified atom stereocenters. The highest BCUT2D eigenvalue weighted by Gasteiger charge is 2.51. The predicted molar refractivity (Wildman–Crippen MR) is 104 cm³/mol. The van der Waals surface area contributed by atoms with E-state index >= 15 is 0 Å². The lowest BCUT2D eigenvalue weighted by Crippen LogP contribution is -2.48. The van der Waals surface area contributed by atoms with Gasteiger partial charge in [-0.1, -0.05) is 12.1 Å². The monoisotopic (exact) mass is 404 g/mol. The number of carbonyl (C=O) groups is 1. The summed E-state index contributed by atoms with van der Waals surface area (Å²) in [5, 5.41) is 9.46. The van der Waals surface area contributed by atoms with Crippen LogP contribution in [0.4, 0.5) is 0 Å². The maximum Gasteiger partial charge on any atom is 0.337 e. The number of aliphatic carboxylic acids is 1. The van der Waals surface area contributed by atoms with E-state index in [1.54, 1.807) is 12.1 Å². The largest absolute Gasteiger partial charge is 0.479 e. The fourth-order valence-electron chi connectivity index (χ4n) is 6.44. The van der Waals surface area contributed by atoms with Gasteiger partial charge in [-0.3, -0.25) is 0 Å². The Bertz CT molecular complexity index is 833. The Kier molecular flexibility index (Phi) is 4.36. The summed E-state index contributed by atoms with van der Waals surface area (Å²) in [5.74, 6) is 1.38. The molecule has 5 aliphatic carbocycles. The van der Waals surface area contributed by atoms with Gasteiger partial charge >= 0.3 is 5.97 Å². The third kappa shape index (κ3) is 3.28. The average Bonchev–Trinajstić information content (AvgIpc) is 3.46. The van der Waals surface area contributed by atoms with Gasteiger partial charge in [0.1, 0.15) is 0 Å². The quantitative estimate of drug-likeness (QED) is 0.743. The van der Waals surface area contributed by atoms with Gasteiger partial charge in [-0.15, -0.1) is 0 Å². The Morgan fingerprint density at radius 2 is 1.57 bits per heavy atom. The first-order valence-corrected chi connectivity index (χ1v) is 12.1. The number of rotatable bonds is 7. The molecule has 1 N–H and O–H groups in total. The number of hydrogen-bond donors (Lipinski definition) is 1. The summed E-state index contributed by atoms with van der Waals surface area (Å²) in [7, 11) is -3.26. The van der Waals surface area contributed by atoms with Crippen molar-refractivity contribution in [2.75, 3.05) is 6.61 Å². The Hall–Kier alpha value is -1.40. The first-order chi connectivity index (χ1) is 13.3. The van der Waals surface area contributed by atoms with Gasteiger partial charge < -0.3 is 9.84 Å². The fraction of sp³-hybridized carbons (Fsp3) is 0.682. The van der Waals surface area contributed by atoms with E-state index < -0.39 is 21.9 Å². The summed E-state index contributed by atoms with van der Waals surface area (Å²) >= 11 is 0. The van der Waals surface area contributed by atoms with Gasteiger partial charge in [0.05, 0.1) is 16.8 Å². The number of carboxylic acid groups (broad SMARTS) is 1. The topological polar surface area (TPSA) is 80.7 Å². The Morgan fingerprint density at radius 1 is 1.04 bits per heavy atom.